The van der Waals surface area contributed by atoms with Crippen LogP contribution in [0, 0.1) is 5.82 Å². The van der Waals surface area contributed by atoms with Crippen LogP contribution in [0.2, 0.25) is 0 Å². The van der Waals surface area contributed by atoms with Crippen molar-refractivity contribution in [3.63, 3.8) is 0 Å². The zero-order valence-electron chi connectivity index (χ0n) is 15.7. The predicted molar refractivity (Wildman–Crippen MR) is 103 cm³/mol. The highest BCUT2D eigenvalue weighted by Gasteiger charge is 2.26. The van der Waals surface area contributed by atoms with Gasteiger partial charge in [-0.1, -0.05) is 6.07 Å². The quantitative estimate of drug-likeness (QED) is 0.814. The fraction of sp³-hybridized carbons (Fsp3) is 0.350. The van der Waals surface area contributed by atoms with Gasteiger partial charge in [0.15, 0.2) is 6.61 Å². The summed E-state index contributed by atoms with van der Waals surface area (Å²) in [4.78, 5) is 32.8. The summed E-state index contributed by atoms with van der Waals surface area (Å²) < 4.78 is 18.2. The van der Waals surface area contributed by atoms with Crippen LogP contribution in [-0.4, -0.2) is 60.5 Å². The van der Waals surface area contributed by atoms with Gasteiger partial charge in [0.25, 0.3) is 5.91 Å². The number of aromatic nitrogens is 1. The van der Waals surface area contributed by atoms with Crippen molar-refractivity contribution in [2.45, 2.75) is 13.0 Å². The molecule has 2 aromatic rings. The van der Waals surface area contributed by atoms with Crippen molar-refractivity contribution in [3.8, 4) is 5.75 Å². The molecule has 0 unspecified atom stereocenters. The average Bonchev–Trinajstić information content (AvgIpc) is 2.73. The summed E-state index contributed by atoms with van der Waals surface area (Å²) in [5.74, 6) is 0.377. The minimum absolute atomic E-state index is 0.129. The lowest BCUT2D eigenvalue weighted by Gasteiger charge is -2.36. The Bertz CT molecular complexity index is 793. The van der Waals surface area contributed by atoms with Crippen LogP contribution in [0.15, 0.2) is 48.7 Å². The van der Waals surface area contributed by atoms with Crippen molar-refractivity contribution < 1.29 is 18.7 Å². The number of hydrogen-bond acceptors (Lipinski definition) is 5. The Morgan fingerprint density at radius 1 is 1.14 bits per heavy atom. The number of hydrogen-bond donors (Lipinski definition) is 1. The summed E-state index contributed by atoms with van der Waals surface area (Å²) in [6, 6.07) is 10.5. The molecule has 0 spiro atoms. The standard InChI is InChI=1S/C20H23FN4O3/c1-15(23-19(26)14-28-17-7-5-16(21)6-8-17)20(27)25-12-10-24(11-13-25)18-4-2-3-9-22-18/h2-9,15H,10-14H2,1H3,(H,23,26)/t15-/m1/s1. The molecule has 0 radical (unpaired) electrons. The number of ether oxygens (including phenoxy) is 1. The lowest BCUT2D eigenvalue weighted by molar-refractivity contribution is -0.136. The van der Waals surface area contributed by atoms with Crippen LogP contribution >= 0.6 is 0 Å². The Morgan fingerprint density at radius 3 is 2.50 bits per heavy atom. The minimum atomic E-state index is -0.647. The molecule has 2 amide bonds. The second-order valence-corrected chi connectivity index (χ2v) is 6.53. The number of halogens is 1. The Morgan fingerprint density at radius 2 is 1.86 bits per heavy atom. The van der Waals surface area contributed by atoms with Gasteiger partial charge < -0.3 is 19.9 Å². The minimum Gasteiger partial charge on any atom is -0.484 e. The lowest BCUT2D eigenvalue weighted by atomic mass is 10.2. The Kier molecular flexibility index (Phi) is 6.41. The maximum Gasteiger partial charge on any atom is 0.258 e. The van der Waals surface area contributed by atoms with E-state index in [1.165, 1.54) is 24.3 Å². The van der Waals surface area contributed by atoms with Crippen molar-refractivity contribution in [1.29, 1.82) is 0 Å². The zero-order valence-corrected chi connectivity index (χ0v) is 15.7. The third-order valence-electron chi connectivity index (χ3n) is 4.50. The highest BCUT2D eigenvalue weighted by molar-refractivity contribution is 5.88. The largest absolute Gasteiger partial charge is 0.484 e. The molecule has 1 fully saturated rings. The molecular weight excluding hydrogens is 363 g/mol. The van der Waals surface area contributed by atoms with Gasteiger partial charge >= 0.3 is 0 Å². The number of pyridine rings is 1. The number of anilines is 1. The van der Waals surface area contributed by atoms with E-state index in [4.69, 9.17) is 4.74 Å². The molecule has 28 heavy (non-hydrogen) atoms. The van der Waals surface area contributed by atoms with Crippen LogP contribution in [-0.2, 0) is 9.59 Å². The number of carbonyl (C=O) groups excluding carboxylic acids is 2. The zero-order chi connectivity index (χ0) is 19.9. The molecule has 0 saturated carbocycles. The molecule has 3 rings (SSSR count). The molecule has 1 saturated heterocycles. The fourth-order valence-electron chi connectivity index (χ4n) is 3.00. The number of nitrogens with one attached hydrogen (secondary N) is 1. The molecule has 148 valence electrons. The summed E-state index contributed by atoms with van der Waals surface area (Å²) in [6.07, 6.45) is 1.75. The van der Waals surface area contributed by atoms with E-state index < -0.39 is 11.9 Å². The van der Waals surface area contributed by atoms with Crippen molar-refractivity contribution in [2.75, 3.05) is 37.7 Å². The van der Waals surface area contributed by atoms with Crippen LogP contribution < -0.4 is 15.0 Å². The highest BCUT2D eigenvalue weighted by Crippen LogP contribution is 2.13. The number of amides is 2. The van der Waals surface area contributed by atoms with Crippen LogP contribution in [0.1, 0.15) is 6.92 Å². The maximum absolute atomic E-state index is 12.9. The summed E-state index contributed by atoms with van der Waals surface area (Å²) in [6.45, 7) is 3.94. The normalized spacial score (nSPS) is 15.1. The molecule has 7 nitrogen and oxygen atoms in total. The molecule has 0 bridgehead atoms. The number of benzene rings is 1. The highest BCUT2D eigenvalue weighted by atomic mass is 19.1. The molecule has 8 heteroatoms. The molecule has 0 aliphatic carbocycles. The predicted octanol–water partition coefficient (Wildman–Crippen LogP) is 1.45. The average molecular weight is 386 g/mol. The SMILES string of the molecule is C[C@@H](NC(=O)COc1ccc(F)cc1)C(=O)N1CCN(c2ccccn2)CC1. The van der Waals surface area contributed by atoms with Crippen molar-refractivity contribution in [1.82, 2.24) is 15.2 Å². The topological polar surface area (TPSA) is 74.8 Å². The second kappa shape index (κ2) is 9.16. The molecule has 1 aliphatic heterocycles. The van der Waals surface area contributed by atoms with Gasteiger partial charge in [0, 0.05) is 32.4 Å². The Hall–Kier alpha value is -3.16. The molecule has 1 N–H and O–H groups in total. The van der Waals surface area contributed by atoms with Crippen molar-refractivity contribution in [2.24, 2.45) is 0 Å². The lowest BCUT2D eigenvalue weighted by Crippen LogP contribution is -2.54. The third-order valence-corrected chi connectivity index (χ3v) is 4.50. The number of piperazine rings is 1. The second-order valence-electron chi connectivity index (χ2n) is 6.53. The number of rotatable bonds is 6. The van der Waals surface area contributed by atoms with E-state index in [2.05, 4.69) is 15.2 Å². The molecule has 1 aromatic carbocycles. The van der Waals surface area contributed by atoms with E-state index in [9.17, 15) is 14.0 Å². The van der Waals surface area contributed by atoms with Gasteiger partial charge in [-0.25, -0.2) is 9.37 Å². The van der Waals surface area contributed by atoms with Crippen LogP contribution in [0.3, 0.4) is 0 Å². The van der Waals surface area contributed by atoms with Crippen LogP contribution in [0.5, 0.6) is 5.75 Å². The first-order chi connectivity index (χ1) is 13.5. The number of nitrogens with zero attached hydrogens (tertiary/aromatic N) is 3. The Labute approximate surface area is 163 Å². The van der Waals surface area contributed by atoms with Gasteiger partial charge in [-0.2, -0.15) is 0 Å². The smallest absolute Gasteiger partial charge is 0.258 e. The van der Waals surface area contributed by atoms with Crippen molar-refractivity contribution in [3.05, 3.63) is 54.5 Å². The maximum atomic E-state index is 12.9. The molecular formula is C20H23FN4O3. The van der Waals surface area contributed by atoms with Crippen molar-refractivity contribution >= 4 is 17.6 Å². The summed E-state index contributed by atoms with van der Waals surface area (Å²) >= 11 is 0. The first-order valence-electron chi connectivity index (χ1n) is 9.15. The summed E-state index contributed by atoms with van der Waals surface area (Å²) in [5.41, 5.74) is 0. The van der Waals surface area contributed by atoms with Crippen LogP contribution in [0.4, 0.5) is 10.2 Å². The van der Waals surface area contributed by atoms with Crippen LogP contribution in [0.25, 0.3) is 0 Å². The van der Waals surface area contributed by atoms with E-state index in [1.54, 1.807) is 18.0 Å². The summed E-state index contributed by atoms with van der Waals surface area (Å²) in [5, 5.41) is 2.65. The number of carbonyl (C=O) groups is 2. The molecule has 1 aromatic heterocycles. The van der Waals surface area contributed by atoms with E-state index in [-0.39, 0.29) is 18.3 Å². The first kappa shape index (κ1) is 19.6. The van der Waals surface area contributed by atoms with Gasteiger partial charge in [-0.15, -0.1) is 0 Å². The third kappa shape index (κ3) is 5.18. The van der Waals surface area contributed by atoms with Gasteiger partial charge in [0.05, 0.1) is 0 Å². The van der Waals surface area contributed by atoms with Gasteiger partial charge in [-0.05, 0) is 43.3 Å². The molecule has 2 heterocycles. The van der Waals surface area contributed by atoms with Gasteiger partial charge in [0.1, 0.15) is 23.4 Å². The summed E-state index contributed by atoms with van der Waals surface area (Å²) in [7, 11) is 0. The van der Waals surface area contributed by atoms with Gasteiger partial charge in [0.2, 0.25) is 5.91 Å². The van der Waals surface area contributed by atoms with E-state index in [1.807, 2.05) is 18.2 Å². The van der Waals surface area contributed by atoms with Gasteiger partial charge in [-0.3, -0.25) is 9.59 Å². The van der Waals surface area contributed by atoms with E-state index in [0.29, 0.717) is 31.9 Å². The monoisotopic (exact) mass is 386 g/mol. The van der Waals surface area contributed by atoms with E-state index in [0.717, 1.165) is 5.82 Å². The molecule has 1 aliphatic rings. The molecule has 1 atom stereocenters. The Balaban J connectivity index is 1.43. The van der Waals surface area contributed by atoms with E-state index >= 15 is 0 Å². The first-order valence-corrected chi connectivity index (χ1v) is 9.15. The fourth-order valence-corrected chi connectivity index (χ4v) is 3.00.